The Labute approximate surface area is 132 Å². The molecule has 1 rings (SSSR count). The lowest BCUT2D eigenvalue weighted by Crippen LogP contribution is -2.35. The number of ether oxygens (including phenoxy) is 2. The Morgan fingerprint density at radius 1 is 1.19 bits per heavy atom. The van der Waals surface area contributed by atoms with Gasteiger partial charge in [0.25, 0.3) is 5.91 Å². The first-order valence-electron chi connectivity index (χ1n) is 6.92. The minimum Gasteiger partial charge on any atom is -0.493 e. The first-order chi connectivity index (χ1) is 9.67. The van der Waals surface area contributed by atoms with Crippen LogP contribution in [0.15, 0.2) is 18.2 Å². The van der Waals surface area contributed by atoms with Gasteiger partial charge in [0, 0.05) is 13.1 Å². The van der Waals surface area contributed by atoms with Gasteiger partial charge in [0.05, 0.1) is 7.11 Å². The molecule has 0 aliphatic carbocycles. The molecular weight excluding hydrogens is 292 g/mol. The number of hydrogen-bond donors (Lipinski definition) is 2. The molecule has 0 saturated heterocycles. The molecule has 1 amide bonds. The van der Waals surface area contributed by atoms with E-state index in [1.54, 1.807) is 7.11 Å². The summed E-state index contributed by atoms with van der Waals surface area (Å²) >= 11 is 0. The Morgan fingerprint density at radius 3 is 2.62 bits per heavy atom. The summed E-state index contributed by atoms with van der Waals surface area (Å²) in [6.07, 6.45) is 1.09. The number of carbonyl (C=O) groups excluding carboxylic acids is 1. The summed E-state index contributed by atoms with van der Waals surface area (Å²) in [7, 11) is 1.58. The molecule has 6 heteroatoms. The van der Waals surface area contributed by atoms with Crippen LogP contribution in [0, 0.1) is 6.92 Å². The summed E-state index contributed by atoms with van der Waals surface area (Å²) in [5, 5.41) is 6.01. The smallest absolute Gasteiger partial charge is 0.257 e. The van der Waals surface area contributed by atoms with E-state index in [-0.39, 0.29) is 24.9 Å². The molecule has 1 aromatic carbocycles. The fourth-order valence-corrected chi connectivity index (χ4v) is 1.68. The Hall–Kier alpha value is -1.46. The second kappa shape index (κ2) is 11.2. The van der Waals surface area contributed by atoms with Gasteiger partial charge >= 0.3 is 0 Å². The molecule has 0 radical (unpaired) electrons. The van der Waals surface area contributed by atoms with Crippen LogP contribution in [0.3, 0.4) is 0 Å². The summed E-state index contributed by atoms with van der Waals surface area (Å²) in [5.74, 6) is 1.09. The van der Waals surface area contributed by atoms with E-state index in [4.69, 9.17) is 9.47 Å². The highest BCUT2D eigenvalue weighted by molar-refractivity contribution is 5.85. The van der Waals surface area contributed by atoms with Crippen molar-refractivity contribution in [1.82, 2.24) is 10.6 Å². The highest BCUT2D eigenvalue weighted by atomic mass is 35.5. The summed E-state index contributed by atoms with van der Waals surface area (Å²) in [6, 6.07) is 5.61. The minimum atomic E-state index is -0.133. The number of aryl methyl sites for hydroxylation is 1. The normalized spacial score (nSPS) is 9.67. The fraction of sp³-hybridized carbons (Fsp3) is 0.533. The molecule has 0 fully saturated rings. The van der Waals surface area contributed by atoms with Gasteiger partial charge in [-0.3, -0.25) is 4.79 Å². The Bertz CT molecular complexity index is 427. The number of hydrogen-bond acceptors (Lipinski definition) is 4. The molecule has 0 aliphatic rings. The quantitative estimate of drug-likeness (QED) is 0.683. The van der Waals surface area contributed by atoms with Gasteiger partial charge in [-0.05, 0) is 37.6 Å². The Kier molecular flexibility index (Phi) is 10.4. The van der Waals surface area contributed by atoms with Gasteiger partial charge in [-0.2, -0.15) is 0 Å². The summed E-state index contributed by atoms with van der Waals surface area (Å²) in [5.41, 5.74) is 1.08. The highest BCUT2D eigenvalue weighted by Crippen LogP contribution is 2.27. The van der Waals surface area contributed by atoms with Crippen LogP contribution in [0.2, 0.25) is 0 Å². The second-order valence-electron chi connectivity index (χ2n) is 4.54. The van der Waals surface area contributed by atoms with Crippen LogP contribution in [0.25, 0.3) is 0 Å². The molecule has 0 atom stereocenters. The van der Waals surface area contributed by atoms with E-state index in [2.05, 4.69) is 17.6 Å². The van der Waals surface area contributed by atoms with Crippen molar-refractivity contribution in [2.45, 2.75) is 20.3 Å². The largest absolute Gasteiger partial charge is 0.493 e. The number of carbonyl (C=O) groups is 1. The first kappa shape index (κ1) is 19.5. The molecule has 5 nitrogen and oxygen atoms in total. The Morgan fingerprint density at radius 2 is 1.95 bits per heavy atom. The van der Waals surface area contributed by atoms with Crippen molar-refractivity contribution in [3.63, 3.8) is 0 Å². The molecule has 2 N–H and O–H groups in total. The molecule has 0 spiro atoms. The summed E-state index contributed by atoms with van der Waals surface area (Å²) in [4.78, 5) is 11.6. The van der Waals surface area contributed by atoms with Crippen molar-refractivity contribution in [3.05, 3.63) is 23.8 Å². The standard InChI is InChI=1S/C15H24N2O3.ClH/c1-4-7-16-8-9-17-15(18)11-20-13-6-5-12(2)10-14(13)19-3;/h5-6,10,16H,4,7-9,11H2,1-3H3,(H,17,18);1H. The first-order valence-corrected chi connectivity index (χ1v) is 6.92. The van der Waals surface area contributed by atoms with Gasteiger partial charge in [-0.1, -0.05) is 13.0 Å². The number of rotatable bonds is 9. The number of amides is 1. The molecule has 1 aromatic rings. The minimum absolute atomic E-state index is 0. The van der Waals surface area contributed by atoms with Crippen LogP contribution in [-0.4, -0.2) is 39.3 Å². The van der Waals surface area contributed by atoms with Crippen LogP contribution >= 0.6 is 12.4 Å². The maximum atomic E-state index is 11.6. The highest BCUT2D eigenvalue weighted by Gasteiger charge is 2.07. The van der Waals surface area contributed by atoms with Crippen molar-refractivity contribution in [3.8, 4) is 11.5 Å². The summed E-state index contributed by atoms with van der Waals surface area (Å²) < 4.78 is 10.7. The van der Waals surface area contributed by atoms with Crippen molar-refractivity contribution in [2.24, 2.45) is 0 Å². The molecule has 0 heterocycles. The number of nitrogens with one attached hydrogen (secondary N) is 2. The van der Waals surface area contributed by atoms with Gasteiger partial charge in [0.15, 0.2) is 18.1 Å². The summed E-state index contributed by atoms with van der Waals surface area (Å²) in [6.45, 7) is 6.41. The van der Waals surface area contributed by atoms with Gasteiger partial charge in [0.2, 0.25) is 0 Å². The van der Waals surface area contributed by atoms with Crippen molar-refractivity contribution >= 4 is 18.3 Å². The zero-order chi connectivity index (χ0) is 14.8. The predicted octanol–water partition coefficient (Wildman–Crippen LogP) is 1.92. The van der Waals surface area contributed by atoms with Gasteiger partial charge in [-0.25, -0.2) is 0 Å². The maximum absolute atomic E-state index is 11.6. The van der Waals surface area contributed by atoms with Crippen LogP contribution < -0.4 is 20.1 Å². The van der Waals surface area contributed by atoms with Gasteiger partial charge in [0.1, 0.15) is 0 Å². The second-order valence-corrected chi connectivity index (χ2v) is 4.54. The van der Waals surface area contributed by atoms with Gasteiger partial charge in [-0.15, -0.1) is 12.4 Å². The van der Waals surface area contributed by atoms with Crippen LogP contribution in [0.5, 0.6) is 11.5 Å². The van der Waals surface area contributed by atoms with E-state index in [0.717, 1.165) is 25.1 Å². The van der Waals surface area contributed by atoms with E-state index in [1.807, 2.05) is 25.1 Å². The van der Waals surface area contributed by atoms with Crippen molar-refractivity contribution in [1.29, 1.82) is 0 Å². The SMILES string of the molecule is CCCNCCNC(=O)COc1ccc(C)cc1OC.Cl. The van der Waals surface area contributed by atoms with Crippen molar-refractivity contribution in [2.75, 3.05) is 33.4 Å². The lowest BCUT2D eigenvalue weighted by atomic mass is 10.2. The van der Waals surface area contributed by atoms with Crippen molar-refractivity contribution < 1.29 is 14.3 Å². The molecule has 0 bridgehead atoms. The molecular formula is C15H25ClN2O3. The number of methoxy groups -OCH3 is 1. The predicted molar refractivity (Wildman–Crippen MR) is 86.6 cm³/mol. The lowest BCUT2D eigenvalue weighted by Gasteiger charge is -2.11. The number of benzene rings is 1. The number of halogens is 1. The third kappa shape index (κ3) is 7.78. The maximum Gasteiger partial charge on any atom is 0.257 e. The zero-order valence-corrected chi connectivity index (χ0v) is 13.7. The van der Waals surface area contributed by atoms with Crippen LogP contribution in [0.4, 0.5) is 0 Å². The fourth-order valence-electron chi connectivity index (χ4n) is 1.68. The van der Waals surface area contributed by atoms with E-state index in [9.17, 15) is 4.79 Å². The zero-order valence-electron chi connectivity index (χ0n) is 12.9. The molecule has 0 aliphatic heterocycles. The van der Waals surface area contributed by atoms with E-state index in [0.29, 0.717) is 18.0 Å². The molecule has 120 valence electrons. The third-order valence-corrected chi connectivity index (χ3v) is 2.73. The topological polar surface area (TPSA) is 59.6 Å². The molecule has 0 unspecified atom stereocenters. The van der Waals surface area contributed by atoms with E-state index >= 15 is 0 Å². The van der Waals surface area contributed by atoms with Crippen LogP contribution in [0.1, 0.15) is 18.9 Å². The van der Waals surface area contributed by atoms with Gasteiger partial charge < -0.3 is 20.1 Å². The molecule has 0 aromatic heterocycles. The monoisotopic (exact) mass is 316 g/mol. The Balaban J connectivity index is 0.00000400. The van der Waals surface area contributed by atoms with E-state index < -0.39 is 0 Å². The molecule has 0 saturated carbocycles. The van der Waals surface area contributed by atoms with Crippen LogP contribution in [-0.2, 0) is 4.79 Å². The lowest BCUT2D eigenvalue weighted by molar-refractivity contribution is -0.123. The average Bonchev–Trinajstić information content (AvgIpc) is 2.45. The molecule has 21 heavy (non-hydrogen) atoms. The third-order valence-electron chi connectivity index (χ3n) is 2.73. The average molecular weight is 317 g/mol. The van der Waals surface area contributed by atoms with E-state index in [1.165, 1.54) is 0 Å².